The first-order valence-corrected chi connectivity index (χ1v) is 8.17. The highest BCUT2D eigenvalue weighted by molar-refractivity contribution is 5.96. The predicted octanol–water partition coefficient (Wildman–Crippen LogP) is 1.23. The zero-order valence-electron chi connectivity index (χ0n) is 14.7. The van der Waals surface area contributed by atoms with Crippen LogP contribution in [0.1, 0.15) is 27.8 Å². The molecule has 1 aromatic carbocycles. The number of esters is 1. The van der Waals surface area contributed by atoms with Gasteiger partial charge in [0, 0.05) is 19.4 Å². The van der Waals surface area contributed by atoms with Gasteiger partial charge in [0.15, 0.2) is 5.82 Å². The van der Waals surface area contributed by atoms with Crippen molar-refractivity contribution >= 4 is 5.97 Å². The monoisotopic (exact) mass is 364 g/mol. The third-order valence-electron chi connectivity index (χ3n) is 4.26. The number of carbonyl (C=O) groups excluding carboxylic acids is 1. The van der Waals surface area contributed by atoms with Crippen molar-refractivity contribution in [1.82, 2.24) is 29.5 Å². The van der Waals surface area contributed by atoms with Crippen molar-refractivity contribution in [3.63, 3.8) is 0 Å². The molecular weight excluding hydrogens is 348 g/mol. The highest BCUT2D eigenvalue weighted by Crippen LogP contribution is 2.28. The van der Waals surface area contributed by atoms with E-state index in [0.717, 1.165) is 5.56 Å². The minimum Gasteiger partial charge on any atom is -0.465 e. The summed E-state index contributed by atoms with van der Waals surface area (Å²) >= 11 is 0. The number of hydrogen-bond donors (Lipinski definition) is 1. The Bertz CT molecular complexity index is 1130. The molecule has 3 heterocycles. The van der Waals surface area contributed by atoms with Crippen molar-refractivity contribution in [3.05, 3.63) is 76.4 Å². The van der Waals surface area contributed by atoms with Gasteiger partial charge in [-0.1, -0.05) is 30.3 Å². The molecule has 2 aliphatic rings. The SMILES string of the molecule is COC(=O)c1cn(C(c2ccccc2)c2ncn(C)n2)cc2c(=O)[nH]nc1-2. The second-order valence-electron chi connectivity index (χ2n) is 6.02. The number of methoxy groups -OCH3 is 1. The molecule has 136 valence electrons. The van der Waals surface area contributed by atoms with Gasteiger partial charge in [-0.2, -0.15) is 10.2 Å². The number of aryl methyl sites for hydroxylation is 1. The van der Waals surface area contributed by atoms with Crippen LogP contribution in [-0.2, 0) is 11.8 Å². The minimum absolute atomic E-state index is 0.185. The van der Waals surface area contributed by atoms with E-state index in [2.05, 4.69) is 20.3 Å². The van der Waals surface area contributed by atoms with Gasteiger partial charge in [0.25, 0.3) is 5.56 Å². The van der Waals surface area contributed by atoms with Crippen LogP contribution in [0, 0.1) is 0 Å². The maximum Gasteiger partial charge on any atom is 0.341 e. The molecule has 0 bridgehead atoms. The van der Waals surface area contributed by atoms with Crippen LogP contribution in [0.15, 0.2) is 53.8 Å². The lowest BCUT2D eigenvalue weighted by Crippen LogP contribution is -2.18. The molecular formula is C18H16N6O3. The van der Waals surface area contributed by atoms with E-state index < -0.39 is 12.0 Å². The van der Waals surface area contributed by atoms with E-state index in [1.165, 1.54) is 7.11 Å². The molecule has 4 rings (SSSR count). The first-order chi connectivity index (χ1) is 13.1. The van der Waals surface area contributed by atoms with E-state index in [1.807, 2.05) is 30.3 Å². The van der Waals surface area contributed by atoms with Crippen molar-refractivity contribution in [1.29, 1.82) is 0 Å². The number of nitrogens with one attached hydrogen (secondary N) is 1. The van der Waals surface area contributed by atoms with E-state index in [9.17, 15) is 9.59 Å². The van der Waals surface area contributed by atoms with Crippen LogP contribution in [0.3, 0.4) is 0 Å². The summed E-state index contributed by atoms with van der Waals surface area (Å²) in [6.07, 6.45) is 4.84. The zero-order chi connectivity index (χ0) is 19.0. The smallest absolute Gasteiger partial charge is 0.341 e. The maximum absolute atomic E-state index is 12.3. The number of aromatic amines is 1. The third kappa shape index (κ3) is 2.88. The summed E-state index contributed by atoms with van der Waals surface area (Å²) in [5.74, 6) is -0.0542. The van der Waals surface area contributed by atoms with Gasteiger partial charge >= 0.3 is 5.97 Å². The van der Waals surface area contributed by atoms with Crippen molar-refractivity contribution < 1.29 is 9.53 Å². The average Bonchev–Trinajstić information content (AvgIpc) is 3.28. The number of fused-ring (bicyclic) bond motifs is 1. The fourth-order valence-corrected chi connectivity index (χ4v) is 3.04. The molecule has 0 amide bonds. The molecule has 2 aliphatic heterocycles. The van der Waals surface area contributed by atoms with Crippen LogP contribution in [-0.4, -0.2) is 42.6 Å². The Kier molecular flexibility index (Phi) is 4.03. The number of nitrogens with zero attached hydrogens (tertiary/aromatic N) is 5. The molecule has 9 nitrogen and oxygen atoms in total. The van der Waals surface area contributed by atoms with Crippen LogP contribution >= 0.6 is 0 Å². The summed E-state index contributed by atoms with van der Waals surface area (Å²) in [6, 6.07) is 9.15. The number of ether oxygens (including phenoxy) is 1. The topological polar surface area (TPSA) is 108 Å². The molecule has 1 aromatic heterocycles. The first kappa shape index (κ1) is 16.7. The standard InChI is InChI=1S/C18H16N6O3/c1-23-10-19-16(22-23)15(11-6-4-3-5-7-11)24-8-12-14(20-21-17(12)25)13(9-24)18(26)27-2/h3-10,15H,1-2H3,(H,21,25). The van der Waals surface area contributed by atoms with Gasteiger partial charge in [0.1, 0.15) is 23.6 Å². The summed E-state index contributed by atoms with van der Waals surface area (Å²) in [7, 11) is 3.06. The Morgan fingerprint density at radius 3 is 2.67 bits per heavy atom. The highest BCUT2D eigenvalue weighted by atomic mass is 16.5. The van der Waals surface area contributed by atoms with Gasteiger partial charge < -0.3 is 9.30 Å². The predicted molar refractivity (Wildman–Crippen MR) is 95.5 cm³/mol. The largest absolute Gasteiger partial charge is 0.465 e. The molecule has 1 atom stereocenters. The second kappa shape index (κ2) is 6.52. The van der Waals surface area contributed by atoms with Crippen molar-refractivity contribution in [2.75, 3.05) is 7.11 Å². The van der Waals surface area contributed by atoms with Crippen LogP contribution < -0.4 is 5.56 Å². The quantitative estimate of drug-likeness (QED) is 0.546. The lowest BCUT2D eigenvalue weighted by molar-refractivity contribution is 0.0600. The van der Waals surface area contributed by atoms with Gasteiger partial charge in [-0.3, -0.25) is 9.48 Å². The molecule has 1 unspecified atom stereocenters. The van der Waals surface area contributed by atoms with Crippen molar-refractivity contribution in [3.8, 4) is 11.3 Å². The zero-order valence-corrected chi connectivity index (χ0v) is 14.7. The normalized spacial score (nSPS) is 12.2. The van der Waals surface area contributed by atoms with Gasteiger partial charge in [0.2, 0.25) is 0 Å². The Morgan fingerprint density at radius 1 is 1.22 bits per heavy atom. The lowest BCUT2D eigenvalue weighted by Gasteiger charge is -2.20. The Balaban J connectivity index is 1.99. The van der Waals surface area contributed by atoms with Crippen LogP contribution in [0.2, 0.25) is 0 Å². The molecule has 1 N–H and O–H groups in total. The van der Waals surface area contributed by atoms with E-state index in [1.54, 1.807) is 35.0 Å². The van der Waals surface area contributed by atoms with Gasteiger partial charge in [-0.25, -0.2) is 14.9 Å². The Hall–Kier alpha value is -3.75. The minimum atomic E-state index is -0.582. The summed E-state index contributed by atoms with van der Waals surface area (Å²) in [4.78, 5) is 28.8. The summed E-state index contributed by atoms with van der Waals surface area (Å²) < 4.78 is 8.19. The van der Waals surface area contributed by atoms with E-state index in [-0.39, 0.29) is 22.4 Å². The molecule has 9 heteroatoms. The molecule has 0 radical (unpaired) electrons. The summed E-state index contributed by atoms with van der Waals surface area (Å²) in [6.45, 7) is 0. The highest BCUT2D eigenvalue weighted by Gasteiger charge is 2.26. The lowest BCUT2D eigenvalue weighted by atomic mass is 10.0. The van der Waals surface area contributed by atoms with E-state index in [4.69, 9.17) is 4.74 Å². The van der Waals surface area contributed by atoms with E-state index in [0.29, 0.717) is 5.82 Å². The molecule has 0 saturated carbocycles. The van der Waals surface area contributed by atoms with Crippen molar-refractivity contribution in [2.24, 2.45) is 7.05 Å². The van der Waals surface area contributed by atoms with Gasteiger partial charge in [-0.05, 0) is 5.56 Å². The number of hydrogen-bond acceptors (Lipinski definition) is 6. The van der Waals surface area contributed by atoms with Gasteiger partial charge in [0.05, 0.1) is 12.7 Å². The van der Waals surface area contributed by atoms with Crippen molar-refractivity contribution in [2.45, 2.75) is 6.04 Å². The third-order valence-corrected chi connectivity index (χ3v) is 4.26. The number of H-pyrrole nitrogens is 1. The number of benzene rings is 1. The van der Waals surface area contributed by atoms with E-state index >= 15 is 0 Å². The molecule has 0 spiro atoms. The molecule has 0 saturated heterocycles. The second-order valence-corrected chi connectivity index (χ2v) is 6.02. The first-order valence-electron chi connectivity index (χ1n) is 8.17. The van der Waals surface area contributed by atoms with Gasteiger partial charge in [-0.15, -0.1) is 0 Å². The number of rotatable bonds is 4. The molecule has 0 aliphatic carbocycles. The van der Waals surface area contributed by atoms with Crippen LogP contribution in [0.4, 0.5) is 0 Å². The number of pyridine rings is 1. The summed E-state index contributed by atoms with van der Waals surface area (Å²) in [5.41, 5.74) is 1.26. The fourth-order valence-electron chi connectivity index (χ4n) is 3.04. The summed E-state index contributed by atoms with van der Waals surface area (Å²) in [5, 5.41) is 10.7. The molecule has 27 heavy (non-hydrogen) atoms. The van der Waals surface area contributed by atoms with Crippen LogP contribution in [0.5, 0.6) is 0 Å². The molecule has 2 aromatic rings. The number of carbonyl (C=O) groups is 1. The fraction of sp³-hybridized carbons (Fsp3) is 0.167. The maximum atomic E-state index is 12.3. The van der Waals surface area contributed by atoms with Crippen LogP contribution in [0.25, 0.3) is 11.3 Å². The Morgan fingerprint density at radius 2 is 2.00 bits per heavy atom. The average molecular weight is 364 g/mol. The Labute approximate surface area is 153 Å². The number of aromatic nitrogens is 6. The molecule has 0 fully saturated rings.